The molecule has 1 atom stereocenters. The van der Waals surface area contributed by atoms with Crippen LogP contribution in [0.5, 0.6) is 0 Å². The van der Waals surface area contributed by atoms with Crippen LogP contribution in [0.25, 0.3) is 10.2 Å². The molecule has 17 heavy (non-hydrogen) atoms. The Kier molecular flexibility index (Phi) is 3.46. The number of benzene rings is 1. The minimum absolute atomic E-state index is 0.0231. The number of sulfone groups is 1. The maximum absolute atomic E-state index is 11.9. The lowest BCUT2D eigenvalue weighted by Gasteiger charge is -2.08. The van der Waals surface area contributed by atoms with Gasteiger partial charge in [-0.3, -0.25) is 0 Å². The van der Waals surface area contributed by atoms with Gasteiger partial charge in [0.25, 0.3) is 0 Å². The smallest absolute Gasteiger partial charge is 0.160 e. The van der Waals surface area contributed by atoms with Crippen LogP contribution in [0, 0.1) is 0 Å². The Morgan fingerprint density at radius 1 is 1.41 bits per heavy atom. The van der Waals surface area contributed by atoms with Crippen LogP contribution in [0.4, 0.5) is 0 Å². The van der Waals surface area contributed by atoms with Crippen LogP contribution < -0.4 is 5.73 Å². The summed E-state index contributed by atoms with van der Waals surface area (Å²) in [6, 6.07) is 7.63. The predicted octanol–water partition coefficient (Wildman–Crippen LogP) is 1.56. The van der Waals surface area contributed by atoms with Gasteiger partial charge in [-0.15, -0.1) is 11.3 Å². The minimum atomic E-state index is -3.19. The summed E-state index contributed by atoms with van der Waals surface area (Å²) in [5, 5.41) is 0.112. The van der Waals surface area contributed by atoms with Crippen molar-refractivity contribution in [3.8, 4) is 0 Å². The van der Waals surface area contributed by atoms with Crippen molar-refractivity contribution in [1.29, 1.82) is 0 Å². The summed E-state index contributed by atoms with van der Waals surface area (Å²) in [4.78, 5) is 4.31. The van der Waals surface area contributed by atoms with Gasteiger partial charge in [-0.25, -0.2) is 13.4 Å². The number of nitrogens with zero attached hydrogens (tertiary/aromatic N) is 1. The van der Waals surface area contributed by atoms with E-state index in [2.05, 4.69) is 4.98 Å². The van der Waals surface area contributed by atoms with Gasteiger partial charge < -0.3 is 5.73 Å². The first kappa shape index (κ1) is 12.5. The summed E-state index contributed by atoms with van der Waals surface area (Å²) in [5.41, 5.74) is 6.24. The van der Waals surface area contributed by atoms with Crippen molar-refractivity contribution in [3.63, 3.8) is 0 Å². The van der Waals surface area contributed by atoms with E-state index in [1.807, 2.05) is 24.3 Å². The molecule has 1 heterocycles. The first-order chi connectivity index (χ1) is 8.03. The zero-order valence-corrected chi connectivity index (χ0v) is 11.1. The fraction of sp³-hybridized carbons (Fsp3) is 0.364. The Labute approximate surface area is 104 Å². The summed E-state index contributed by atoms with van der Waals surface area (Å²) in [6.07, 6.45) is 0. The summed E-state index contributed by atoms with van der Waals surface area (Å²) >= 11 is 1.42. The Hall–Kier alpha value is -0.980. The third kappa shape index (κ3) is 2.65. The number of aromatic nitrogens is 1. The molecule has 92 valence electrons. The average molecular weight is 270 g/mol. The van der Waals surface area contributed by atoms with Crippen molar-refractivity contribution in [2.24, 2.45) is 5.73 Å². The van der Waals surface area contributed by atoms with Crippen molar-refractivity contribution in [3.05, 3.63) is 29.3 Å². The SMILES string of the molecule is CC(CN)S(=O)(=O)Cc1nc2ccccc2s1. The molecule has 4 nitrogen and oxygen atoms in total. The van der Waals surface area contributed by atoms with Crippen molar-refractivity contribution in [2.75, 3.05) is 6.54 Å². The molecule has 0 amide bonds. The van der Waals surface area contributed by atoms with Gasteiger partial charge in [-0.1, -0.05) is 12.1 Å². The van der Waals surface area contributed by atoms with Gasteiger partial charge in [-0.05, 0) is 19.1 Å². The molecule has 2 N–H and O–H groups in total. The molecular weight excluding hydrogens is 256 g/mol. The lowest BCUT2D eigenvalue weighted by atomic mass is 10.3. The van der Waals surface area contributed by atoms with E-state index in [1.54, 1.807) is 6.92 Å². The van der Waals surface area contributed by atoms with E-state index in [1.165, 1.54) is 11.3 Å². The first-order valence-corrected chi connectivity index (χ1v) is 7.82. The molecule has 1 aromatic heterocycles. The van der Waals surface area contributed by atoms with Gasteiger partial charge in [0.05, 0.1) is 15.5 Å². The van der Waals surface area contributed by atoms with E-state index in [9.17, 15) is 8.42 Å². The third-order valence-electron chi connectivity index (χ3n) is 2.61. The maximum atomic E-state index is 11.9. The second kappa shape index (κ2) is 4.72. The second-order valence-electron chi connectivity index (χ2n) is 3.93. The van der Waals surface area contributed by atoms with E-state index >= 15 is 0 Å². The number of para-hydroxylation sites is 1. The lowest BCUT2D eigenvalue weighted by Crippen LogP contribution is -2.27. The van der Waals surface area contributed by atoms with Crippen molar-refractivity contribution in [2.45, 2.75) is 17.9 Å². The molecule has 2 rings (SSSR count). The van der Waals surface area contributed by atoms with Gasteiger partial charge in [0.15, 0.2) is 9.84 Å². The van der Waals surface area contributed by atoms with Crippen LogP contribution in [0.15, 0.2) is 24.3 Å². The molecule has 0 spiro atoms. The number of nitrogens with two attached hydrogens (primary N) is 1. The number of hydrogen-bond acceptors (Lipinski definition) is 5. The van der Waals surface area contributed by atoms with Crippen LogP contribution in [-0.2, 0) is 15.6 Å². The second-order valence-corrected chi connectivity index (χ2v) is 7.46. The monoisotopic (exact) mass is 270 g/mol. The highest BCUT2D eigenvalue weighted by Gasteiger charge is 2.21. The van der Waals surface area contributed by atoms with E-state index in [0.717, 1.165) is 10.2 Å². The Morgan fingerprint density at radius 3 is 2.76 bits per heavy atom. The van der Waals surface area contributed by atoms with E-state index in [-0.39, 0.29) is 12.3 Å². The Bertz CT molecular complexity index is 586. The highest BCUT2D eigenvalue weighted by atomic mass is 32.2. The van der Waals surface area contributed by atoms with Crippen molar-refractivity contribution >= 4 is 31.4 Å². The van der Waals surface area contributed by atoms with Gasteiger partial charge >= 0.3 is 0 Å². The maximum Gasteiger partial charge on any atom is 0.160 e. The molecule has 1 unspecified atom stereocenters. The van der Waals surface area contributed by atoms with Crippen molar-refractivity contribution < 1.29 is 8.42 Å². The molecule has 2 aromatic rings. The largest absolute Gasteiger partial charge is 0.329 e. The van der Waals surface area contributed by atoms with Gasteiger partial charge in [0.1, 0.15) is 10.8 Å². The topological polar surface area (TPSA) is 73.1 Å². The summed E-state index contributed by atoms with van der Waals surface area (Å²) in [6.45, 7) is 1.77. The molecule has 0 bridgehead atoms. The van der Waals surface area contributed by atoms with Crippen LogP contribution in [0.1, 0.15) is 11.9 Å². The van der Waals surface area contributed by atoms with Crippen molar-refractivity contribution in [1.82, 2.24) is 4.98 Å². The molecule has 1 aromatic carbocycles. The van der Waals surface area contributed by atoms with E-state index in [4.69, 9.17) is 5.73 Å². The zero-order valence-electron chi connectivity index (χ0n) is 9.46. The normalized spacial score (nSPS) is 14.0. The highest BCUT2D eigenvalue weighted by Crippen LogP contribution is 2.23. The number of fused-ring (bicyclic) bond motifs is 1. The summed E-state index contributed by atoms with van der Waals surface area (Å²) in [7, 11) is -3.19. The van der Waals surface area contributed by atoms with Gasteiger partial charge in [0, 0.05) is 6.54 Å². The average Bonchev–Trinajstić information content (AvgIpc) is 2.68. The van der Waals surface area contributed by atoms with Crippen LogP contribution in [-0.4, -0.2) is 25.2 Å². The van der Waals surface area contributed by atoms with Gasteiger partial charge in [0.2, 0.25) is 0 Å². The predicted molar refractivity (Wildman–Crippen MR) is 70.8 cm³/mol. The fourth-order valence-electron chi connectivity index (χ4n) is 1.44. The number of rotatable bonds is 4. The molecule has 0 aliphatic rings. The number of thiazole rings is 1. The lowest BCUT2D eigenvalue weighted by molar-refractivity contribution is 0.583. The third-order valence-corrected chi connectivity index (χ3v) is 5.92. The quantitative estimate of drug-likeness (QED) is 0.915. The first-order valence-electron chi connectivity index (χ1n) is 5.29. The van der Waals surface area contributed by atoms with E-state index in [0.29, 0.717) is 5.01 Å². The fourth-order valence-corrected chi connectivity index (χ4v) is 3.92. The standard InChI is InChI=1S/C11H14N2O2S2/c1-8(6-12)17(14,15)7-11-13-9-4-2-3-5-10(9)16-11/h2-5,8H,6-7,12H2,1H3. The molecule has 6 heteroatoms. The minimum Gasteiger partial charge on any atom is -0.329 e. The molecular formula is C11H14N2O2S2. The van der Waals surface area contributed by atoms with Crippen LogP contribution >= 0.6 is 11.3 Å². The zero-order chi connectivity index (χ0) is 12.5. The summed E-state index contributed by atoms with van der Waals surface area (Å²) < 4.78 is 24.8. The molecule has 0 aliphatic heterocycles. The molecule has 0 saturated heterocycles. The molecule has 0 saturated carbocycles. The Morgan fingerprint density at radius 2 is 2.12 bits per heavy atom. The molecule has 0 fully saturated rings. The summed E-state index contributed by atoms with van der Waals surface area (Å²) in [5.74, 6) is -0.0231. The number of hydrogen-bond donors (Lipinski definition) is 1. The van der Waals surface area contributed by atoms with Crippen LogP contribution in [0.2, 0.25) is 0 Å². The highest BCUT2D eigenvalue weighted by molar-refractivity contribution is 7.91. The molecule has 0 radical (unpaired) electrons. The van der Waals surface area contributed by atoms with Crippen LogP contribution in [0.3, 0.4) is 0 Å². The Balaban J connectivity index is 2.30. The van der Waals surface area contributed by atoms with Gasteiger partial charge in [-0.2, -0.15) is 0 Å². The van der Waals surface area contributed by atoms with E-state index < -0.39 is 15.1 Å². The molecule has 0 aliphatic carbocycles.